The Morgan fingerprint density at radius 2 is 1.46 bits per heavy atom. The SMILES string of the molecule is CCCCC(C)(C)CC1CC(CC(C)(C)C2CC2C)C2CCCC12. The van der Waals surface area contributed by atoms with Gasteiger partial charge >= 0.3 is 0 Å². The third-order valence-electron chi connectivity index (χ3n) is 8.36. The maximum Gasteiger partial charge on any atom is -0.0321 e. The zero-order valence-electron chi connectivity index (χ0n) is 17.5. The van der Waals surface area contributed by atoms with Gasteiger partial charge in [0.25, 0.3) is 0 Å². The Hall–Kier alpha value is 0. The Balaban J connectivity index is 1.62. The van der Waals surface area contributed by atoms with Crippen LogP contribution in [0, 0.1) is 46.3 Å². The van der Waals surface area contributed by atoms with Gasteiger partial charge in [0, 0.05) is 0 Å². The van der Waals surface area contributed by atoms with E-state index in [2.05, 4.69) is 41.5 Å². The van der Waals surface area contributed by atoms with Crippen LogP contribution >= 0.6 is 0 Å². The second kappa shape index (κ2) is 6.96. The van der Waals surface area contributed by atoms with E-state index < -0.39 is 0 Å². The number of rotatable bonds is 8. The van der Waals surface area contributed by atoms with Crippen molar-refractivity contribution in [3.05, 3.63) is 0 Å². The van der Waals surface area contributed by atoms with Gasteiger partial charge in [0.2, 0.25) is 0 Å². The summed E-state index contributed by atoms with van der Waals surface area (Å²) >= 11 is 0. The normalized spacial score (nSPS) is 39.2. The molecule has 3 fully saturated rings. The van der Waals surface area contributed by atoms with Crippen molar-refractivity contribution in [2.45, 2.75) is 106 Å². The molecule has 3 saturated carbocycles. The largest absolute Gasteiger partial charge is 0.0654 e. The van der Waals surface area contributed by atoms with E-state index in [4.69, 9.17) is 0 Å². The van der Waals surface area contributed by atoms with Crippen molar-refractivity contribution in [3.8, 4) is 0 Å². The first-order valence-electron chi connectivity index (χ1n) is 11.2. The lowest BCUT2D eigenvalue weighted by Gasteiger charge is -2.31. The standard InChI is InChI=1S/C24H44/c1-7-8-12-23(3,4)15-18-14-19(21-11-9-10-20(18)21)16-24(5,6)22-13-17(22)2/h17-22H,7-16H2,1-6H3. The lowest BCUT2D eigenvalue weighted by Crippen LogP contribution is -2.22. The Morgan fingerprint density at radius 1 is 0.875 bits per heavy atom. The van der Waals surface area contributed by atoms with E-state index in [9.17, 15) is 0 Å². The molecule has 140 valence electrons. The zero-order valence-corrected chi connectivity index (χ0v) is 17.5. The van der Waals surface area contributed by atoms with Gasteiger partial charge in [-0.1, -0.05) is 60.8 Å². The molecule has 0 radical (unpaired) electrons. The maximum absolute atomic E-state index is 2.59. The minimum atomic E-state index is 0.573. The first-order valence-corrected chi connectivity index (χ1v) is 11.2. The Bertz CT molecular complexity index is 418. The summed E-state index contributed by atoms with van der Waals surface area (Å²) in [5, 5.41) is 0. The van der Waals surface area contributed by atoms with E-state index in [1.807, 2.05) is 0 Å². The lowest BCUT2D eigenvalue weighted by molar-refractivity contribution is 0.186. The van der Waals surface area contributed by atoms with Crippen LogP contribution in [0.25, 0.3) is 0 Å². The topological polar surface area (TPSA) is 0 Å². The fourth-order valence-electron chi connectivity index (χ4n) is 7.10. The van der Waals surface area contributed by atoms with Crippen LogP contribution in [0.3, 0.4) is 0 Å². The predicted octanol–water partition coefficient (Wildman–Crippen LogP) is 7.72. The Morgan fingerprint density at radius 3 is 2.00 bits per heavy atom. The first-order chi connectivity index (χ1) is 11.2. The molecule has 6 atom stereocenters. The molecular formula is C24H44. The lowest BCUT2D eigenvalue weighted by atomic mass is 9.74. The highest BCUT2D eigenvalue weighted by molar-refractivity contribution is 5.00. The van der Waals surface area contributed by atoms with Crippen LogP contribution < -0.4 is 0 Å². The summed E-state index contributed by atoms with van der Waals surface area (Å²) < 4.78 is 0. The number of hydrogen-bond donors (Lipinski definition) is 0. The molecular weight excluding hydrogens is 288 g/mol. The highest BCUT2D eigenvalue weighted by atomic mass is 14.6. The molecule has 0 nitrogen and oxygen atoms in total. The molecule has 0 heteroatoms. The van der Waals surface area contributed by atoms with E-state index in [1.165, 1.54) is 44.9 Å². The molecule has 3 aliphatic rings. The van der Waals surface area contributed by atoms with Crippen LogP contribution in [0.5, 0.6) is 0 Å². The molecule has 0 aromatic rings. The molecule has 24 heavy (non-hydrogen) atoms. The zero-order chi connectivity index (χ0) is 17.5. The molecule has 0 aliphatic heterocycles. The highest BCUT2D eigenvalue weighted by Crippen LogP contribution is 2.60. The van der Waals surface area contributed by atoms with Gasteiger partial charge in [0.1, 0.15) is 0 Å². The molecule has 0 bridgehead atoms. The third-order valence-corrected chi connectivity index (χ3v) is 8.36. The van der Waals surface area contributed by atoms with Crippen LogP contribution in [0.4, 0.5) is 0 Å². The quantitative estimate of drug-likeness (QED) is 0.427. The minimum Gasteiger partial charge on any atom is -0.0654 e. The third kappa shape index (κ3) is 4.04. The van der Waals surface area contributed by atoms with Gasteiger partial charge in [-0.25, -0.2) is 0 Å². The van der Waals surface area contributed by atoms with Crippen molar-refractivity contribution in [2.75, 3.05) is 0 Å². The summed E-state index contributed by atoms with van der Waals surface area (Å²) in [5.74, 6) is 6.30. The van der Waals surface area contributed by atoms with Crippen molar-refractivity contribution < 1.29 is 0 Å². The second-order valence-electron chi connectivity index (χ2n) is 11.5. The van der Waals surface area contributed by atoms with Crippen molar-refractivity contribution >= 4 is 0 Å². The predicted molar refractivity (Wildman–Crippen MR) is 106 cm³/mol. The van der Waals surface area contributed by atoms with Gasteiger partial charge in [-0.2, -0.15) is 0 Å². The van der Waals surface area contributed by atoms with Crippen molar-refractivity contribution in [1.29, 1.82) is 0 Å². The van der Waals surface area contributed by atoms with Gasteiger partial charge in [-0.3, -0.25) is 0 Å². The smallest absolute Gasteiger partial charge is 0.0321 e. The van der Waals surface area contributed by atoms with Gasteiger partial charge in [0.15, 0.2) is 0 Å². The number of unbranched alkanes of at least 4 members (excludes halogenated alkanes) is 1. The van der Waals surface area contributed by atoms with E-state index in [-0.39, 0.29) is 0 Å². The summed E-state index contributed by atoms with van der Waals surface area (Å²) in [6.07, 6.45) is 14.9. The van der Waals surface area contributed by atoms with E-state index >= 15 is 0 Å². The molecule has 0 aromatic carbocycles. The van der Waals surface area contributed by atoms with Gasteiger partial charge < -0.3 is 0 Å². The fourth-order valence-corrected chi connectivity index (χ4v) is 7.10. The van der Waals surface area contributed by atoms with Crippen molar-refractivity contribution in [1.82, 2.24) is 0 Å². The summed E-state index contributed by atoms with van der Waals surface area (Å²) in [7, 11) is 0. The van der Waals surface area contributed by atoms with E-state index in [0.717, 1.165) is 35.5 Å². The van der Waals surface area contributed by atoms with Crippen LogP contribution in [-0.4, -0.2) is 0 Å². The van der Waals surface area contributed by atoms with Crippen LogP contribution in [0.15, 0.2) is 0 Å². The monoisotopic (exact) mass is 332 g/mol. The van der Waals surface area contributed by atoms with Crippen LogP contribution in [0.1, 0.15) is 106 Å². The Kier molecular flexibility index (Phi) is 5.44. The summed E-state index contributed by atoms with van der Waals surface area (Å²) in [6.45, 7) is 15.1. The molecule has 3 aliphatic carbocycles. The average molecular weight is 333 g/mol. The van der Waals surface area contributed by atoms with Crippen molar-refractivity contribution in [3.63, 3.8) is 0 Å². The summed E-state index contributed by atoms with van der Waals surface area (Å²) in [5.41, 5.74) is 1.17. The number of fused-ring (bicyclic) bond motifs is 1. The highest BCUT2D eigenvalue weighted by Gasteiger charge is 2.51. The molecule has 0 N–H and O–H groups in total. The molecule has 3 rings (SSSR count). The molecule has 0 saturated heterocycles. The Labute approximate surface area is 152 Å². The number of hydrogen-bond acceptors (Lipinski definition) is 0. The summed E-state index contributed by atoms with van der Waals surface area (Å²) in [6, 6.07) is 0. The molecule has 0 amide bonds. The molecule has 0 aromatic heterocycles. The maximum atomic E-state index is 2.59. The van der Waals surface area contributed by atoms with Crippen LogP contribution in [0.2, 0.25) is 0 Å². The van der Waals surface area contributed by atoms with Gasteiger partial charge in [-0.05, 0) is 91.3 Å². The minimum absolute atomic E-state index is 0.573. The van der Waals surface area contributed by atoms with E-state index in [0.29, 0.717) is 10.8 Å². The summed E-state index contributed by atoms with van der Waals surface area (Å²) in [4.78, 5) is 0. The molecule has 0 heterocycles. The average Bonchev–Trinajstić information content (AvgIpc) is 2.95. The van der Waals surface area contributed by atoms with Gasteiger partial charge in [0.05, 0.1) is 0 Å². The molecule has 6 unspecified atom stereocenters. The van der Waals surface area contributed by atoms with E-state index in [1.54, 1.807) is 19.3 Å². The molecule has 0 spiro atoms. The second-order valence-corrected chi connectivity index (χ2v) is 11.5. The first kappa shape index (κ1) is 18.8. The fraction of sp³-hybridized carbons (Fsp3) is 1.00. The van der Waals surface area contributed by atoms with Crippen molar-refractivity contribution in [2.24, 2.45) is 46.3 Å². The van der Waals surface area contributed by atoms with Crippen LogP contribution in [-0.2, 0) is 0 Å². The van der Waals surface area contributed by atoms with Gasteiger partial charge in [-0.15, -0.1) is 0 Å².